The Morgan fingerprint density at radius 1 is 1.06 bits per heavy atom. The Labute approximate surface area is 116 Å². The van der Waals surface area contributed by atoms with E-state index in [2.05, 4.69) is 0 Å². The van der Waals surface area contributed by atoms with Gasteiger partial charge in [0.1, 0.15) is 18.1 Å². The molecule has 0 saturated heterocycles. The van der Waals surface area contributed by atoms with Crippen LogP contribution in [-0.2, 0) is 12.5 Å². The molecule has 0 aliphatic carbocycles. The SMILES string of the molecule is Oc1ccc(COc2ccc(Cl)cc2CCl)cc1. The van der Waals surface area contributed by atoms with E-state index in [1.165, 1.54) is 0 Å². The zero-order valence-electron chi connectivity index (χ0n) is 9.57. The molecular formula is C14H12Cl2O2. The number of phenols is 1. The minimum absolute atomic E-state index is 0.242. The Morgan fingerprint density at radius 3 is 2.44 bits per heavy atom. The summed E-state index contributed by atoms with van der Waals surface area (Å²) in [7, 11) is 0. The van der Waals surface area contributed by atoms with Gasteiger partial charge in [-0.2, -0.15) is 0 Å². The molecule has 2 aromatic carbocycles. The topological polar surface area (TPSA) is 29.5 Å². The first-order chi connectivity index (χ1) is 8.69. The van der Waals surface area contributed by atoms with Crippen molar-refractivity contribution in [2.75, 3.05) is 0 Å². The lowest BCUT2D eigenvalue weighted by Crippen LogP contribution is -1.97. The van der Waals surface area contributed by atoms with Crippen LogP contribution in [0.2, 0.25) is 5.02 Å². The van der Waals surface area contributed by atoms with E-state index in [1.807, 2.05) is 12.1 Å². The van der Waals surface area contributed by atoms with Crippen molar-refractivity contribution >= 4 is 23.2 Å². The largest absolute Gasteiger partial charge is 0.508 e. The number of benzene rings is 2. The molecule has 0 fully saturated rings. The number of hydrogen-bond acceptors (Lipinski definition) is 2. The first-order valence-electron chi connectivity index (χ1n) is 5.44. The zero-order chi connectivity index (χ0) is 13.0. The fourth-order valence-corrected chi connectivity index (χ4v) is 1.95. The molecule has 94 valence electrons. The molecule has 0 atom stereocenters. The number of hydrogen-bond donors (Lipinski definition) is 1. The Kier molecular flexibility index (Phi) is 4.34. The van der Waals surface area contributed by atoms with Crippen molar-refractivity contribution in [3.8, 4) is 11.5 Å². The number of rotatable bonds is 4. The second-order valence-electron chi connectivity index (χ2n) is 3.84. The van der Waals surface area contributed by atoms with Crippen molar-refractivity contribution in [1.82, 2.24) is 0 Å². The zero-order valence-corrected chi connectivity index (χ0v) is 11.1. The van der Waals surface area contributed by atoms with E-state index in [0.717, 1.165) is 16.9 Å². The van der Waals surface area contributed by atoms with Crippen molar-refractivity contribution < 1.29 is 9.84 Å². The van der Waals surface area contributed by atoms with Gasteiger partial charge in [0.2, 0.25) is 0 Å². The van der Waals surface area contributed by atoms with Gasteiger partial charge in [0.05, 0.1) is 5.88 Å². The predicted octanol–water partition coefficient (Wildman–Crippen LogP) is 4.36. The third-order valence-corrected chi connectivity index (χ3v) is 3.02. The molecule has 0 heterocycles. The summed E-state index contributed by atoms with van der Waals surface area (Å²) in [5.74, 6) is 1.32. The molecule has 4 heteroatoms. The van der Waals surface area contributed by atoms with Crippen LogP contribution in [0.3, 0.4) is 0 Å². The average Bonchev–Trinajstić information content (AvgIpc) is 2.39. The summed E-state index contributed by atoms with van der Waals surface area (Å²) in [5.41, 5.74) is 1.84. The highest BCUT2D eigenvalue weighted by Crippen LogP contribution is 2.25. The summed E-state index contributed by atoms with van der Waals surface area (Å²) in [5, 5.41) is 9.82. The van der Waals surface area contributed by atoms with Gasteiger partial charge in [-0.3, -0.25) is 0 Å². The second-order valence-corrected chi connectivity index (χ2v) is 4.54. The second kappa shape index (κ2) is 5.98. The molecule has 0 unspecified atom stereocenters. The van der Waals surface area contributed by atoms with Gasteiger partial charge >= 0.3 is 0 Å². The van der Waals surface area contributed by atoms with Crippen molar-refractivity contribution in [3.05, 3.63) is 58.6 Å². The van der Waals surface area contributed by atoms with Gasteiger partial charge in [-0.1, -0.05) is 23.7 Å². The summed E-state index contributed by atoms with van der Waals surface area (Å²) < 4.78 is 5.68. The molecular weight excluding hydrogens is 271 g/mol. The summed E-state index contributed by atoms with van der Waals surface area (Å²) in [4.78, 5) is 0. The highest BCUT2D eigenvalue weighted by atomic mass is 35.5. The first-order valence-corrected chi connectivity index (χ1v) is 6.35. The highest BCUT2D eigenvalue weighted by molar-refractivity contribution is 6.30. The molecule has 0 saturated carbocycles. The standard InChI is InChI=1S/C14H12Cl2O2/c15-8-11-7-12(16)3-6-14(11)18-9-10-1-4-13(17)5-2-10/h1-7,17H,8-9H2. The van der Waals surface area contributed by atoms with Crippen molar-refractivity contribution in [1.29, 1.82) is 0 Å². The van der Waals surface area contributed by atoms with Gasteiger partial charge in [0.25, 0.3) is 0 Å². The van der Waals surface area contributed by atoms with Crippen LogP contribution in [0.4, 0.5) is 0 Å². The average molecular weight is 283 g/mol. The van der Waals surface area contributed by atoms with Crippen molar-refractivity contribution in [2.45, 2.75) is 12.5 Å². The van der Waals surface area contributed by atoms with Gasteiger partial charge in [-0.15, -0.1) is 11.6 Å². The lowest BCUT2D eigenvalue weighted by molar-refractivity contribution is 0.303. The van der Waals surface area contributed by atoms with E-state index in [1.54, 1.807) is 30.3 Å². The lowest BCUT2D eigenvalue weighted by Gasteiger charge is -2.10. The monoisotopic (exact) mass is 282 g/mol. The van der Waals surface area contributed by atoms with Crippen LogP contribution in [0.1, 0.15) is 11.1 Å². The van der Waals surface area contributed by atoms with Crippen LogP contribution < -0.4 is 4.74 Å². The summed E-state index contributed by atoms with van der Waals surface area (Å²) in [6, 6.07) is 12.2. The van der Waals surface area contributed by atoms with E-state index in [0.29, 0.717) is 17.5 Å². The number of alkyl halides is 1. The number of phenolic OH excluding ortho intramolecular Hbond substituents is 1. The molecule has 18 heavy (non-hydrogen) atoms. The van der Waals surface area contributed by atoms with E-state index < -0.39 is 0 Å². The summed E-state index contributed by atoms with van der Waals surface area (Å²) >= 11 is 11.7. The fourth-order valence-electron chi connectivity index (χ4n) is 1.55. The van der Waals surface area contributed by atoms with Crippen LogP contribution in [0.25, 0.3) is 0 Å². The molecule has 0 radical (unpaired) electrons. The smallest absolute Gasteiger partial charge is 0.124 e. The van der Waals surface area contributed by atoms with Crippen LogP contribution in [0.5, 0.6) is 11.5 Å². The van der Waals surface area contributed by atoms with Gasteiger partial charge in [0.15, 0.2) is 0 Å². The maximum absolute atomic E-state index is 9.18. The summed E-state index contributed by atoms with van der Waals surface area (Å²) in [6.45, 7) is 0.422. The third kappa shape index (κ3) is 3.31. The van der Waals surface area contributed by atoms with Gasteiger partial charge in [-0.25, -0.2) is 0 Å². The van der Waals surface area contributed by atoms with E-state index in [4.69, 9.17) is 27.9 Å². The predicted molar refractivity (Wildman–Crippen MR) is 73.4 cm³/mol. The van der Waals surface area contributed by atoms with Crippen LogP contribution in [0.15, 0.2) is 42.5 Å². The van der Waals surface area contributed by atoms with Crippen LogP contribution in [-0.4, -0.2) is 5.11 Å². The molecule has 0 aromatic heterocycles. The molecule has 2 rings (SSSR count). The van der Waals surface area contributed by atoms with Gasteiger partial charge in [-0.05, 0) is 35.9 Å². The maximum Gasteiger partial charge on any atom is 0.124 e. The van der Waals surface area contributed by atoms with Crippen molar-refractivity contribution in [3.63, 3.8) is 0 Å². The fraction of sp³-hybridized carbons (Fsp3) is 0.143. The molecule has 1 N–H and O–H groups in total. The molecule has 0 aliphatic heterocycles. The minimum Gasteiger partial charge on any atom is -0.508 e. The molecule has 0 amide bonds. The van der Waals surface area contributed by atoms with Gasteiger partial charge < -0.3 is 9.84 Å². The molecule has 0 spiro atoms. The number of halogens is 2. The number of ether oxygens (including phenoxy) is 1. The van der Waals surface area contributed by atoms with E-state index in [-0.39, 0.29) is 5.75 Å². The summed E-state index contributed by atoms with van der Waals surface area (Å²) in [6.07, 6.45) is 0. The highest BCUT2D eigenvalue weighted by Gasteiger charge is 2.04. The Morgan fingerprint density at radius 2 is 1.78 bits per heavy atom. The molecule has 0 bridgehead atoms. The lowest BCUT2D eigenvalue weighted by atomic mass is 10.2. The van der Waals surface area contributed by atoms with E-state index in [9.17, 15) is 5.11 Å². The first kappa shape index (κ1) is 13.1. The Hall–Kier alpha value is -1.38. The Bertz CT molecular complexity index is 524. The van der Waals surface area contributed by atoms with Crippen molar-refractivity contribution in [2.24, 2.45) is 0 Å². The maximum atomic E-state index is 9.18. The van der Waals surface area contributed by atoms with E-state index >= 15 is 0 Å². The van der Waals surface area contributed by atoms with Crippen LogP contribution >= 0.6 is 23.2 Å². The molecule has 2 aromatic rings. The quantitative estimate of drug-likeness (QED) is 0.844. The minimum atomic E-state index is 0.242. The third-order valence-electron chi connectivity index (χ3n) is 2.50. The normalized spacial score (nSPS) is 10.3. The molecule has 0 aliphatic rings. The molecule has 2 nitrogen and oxygen atoms in total. The van der Waals surface area contributed by atoms with Crippen LogP contribution in [0, 0.1) is 0 Å². The number of aromatic hydroxyl groups is 1. The Balaban J connectivity index is 2.08. The van der Waals surface area contributed by atoms with Gasteiger partial charge in [0, 0.05) is 10.6 Å².